The minimum Gasteiger partial charge on any atom is -0.492 e. The van der Waals surface area contributed by atoms with Crippen molar-refractivity contribution in [1.29, 1.82) is 0 Å². The van der Waals surface area contributed by atoms with Crippen LogP contribution in [0.1, 0.15) is 26.3 Å². The first kappa shape index (κ1) is 23.0. The van der Waals surface area contributed by atoms with Crippen LogP contribution >= 0.6 is 15.9 Å². The van der Waals surface area contributed by atoms with Gasteiger partial charge in [0, 0.05) is 35.2 Å². The van der Waals surface area contributed by atoms with Crippen molar-refractivity contribution < 1.29 is 19.1 Å². The third-order valence-corrected chi connectivity index (χ3v) is 5.86. The number of benzene rings is 3. The SMILES string of the molecule is O=C(Nc1ccc(C(=O)N2CCOCC2)cc1)c1cc(Br)ccc1OCCc1ccccc1. The second-order valence-corrected chi connectivity index (χ2v) is 8.58. The van der Waals surface area contributed by atoms with Gasteiger partial charge in [0.05, 0.1) is 25.4 Å². The van der Waals surface area contributed by atoms with Crippen LogP contribution in [0.2, 0.25) is 0 Å². The first-order chi connectivity index (χ1) is 16.1. The molecule has 1 aliphatic heterocycles. The van der Waals surface area contributed by atoms with E-state index in [4.69, 9.17) is 9.47 Å². The number of carbonyl (C=O) groups is 2. The van der Waals surface area contributed by atoms with Gasteiger partial charge in [-0.1, -0.05) is 46.3 Å². The molecule has 4 rings (SSSR count). The minimum atomic E-state index is -0.279. The van der Waals surface area contributed by atoms with Crippen LogP contribution in [0.4, 0.5) is 5.69 Å². The van der Waals surface area contributed by atoms with Crippen LogP contribution in [0.15, 0.2) is 77.3 Å². The molecule has 1 N–H and O–H groups in total. The molecule has 0 unspecified atom stereocenters. The molecule has 1 saturated heterocycles. The summed E-state index contributed by atoms with van der Waals surface area (Å²) in [7, 11) is 0. The van der Waals surface area contributed by atoms with E-state index in [-0.39, 0.29) is 11.8 Å². The monoisotopic (exact) mass is 508 g/mol. The molecule has 0 saturated carbocycles. The van der Waals surface area contributed by atoms with Crippen LogP contribution in [-0.4, -0.2) is 49.6 Å². The van der Waals surface area contributed by atoms with Crippen molar-refractivity contribution in [3.8, 4) is 5.75 Å². The normalized spacial score (nSPS) is 13.4. The van der Waals surface area contributed by atoms with E-state index in [1.165, 1.54) is 5.56 Å². The Hall–Kier alpha value is -3.16. The van der Waals surface area contributed by atoms with Crippen molar-refractivity contribution in [2.24, 2.45) is 0 Å². The van der Waals surface area contributed by atoms with Gasteiger partial charge in [0.25, 0.3) is 11.8 Å². The summed E-state index contributed by atoms with van der Waals surface area (Å²) in [4.78, 5) is 27.4. The minimum absolute atomic E-state index is 0.0303. The first-order valence-electron chi connectivity index (χ1n) is 10.8. The van der Waals surface area contributed by atoms with Crippen LogP contribution in [0.3, 0.4) is 0 Å². The topological polar surface area (TPSA) is 67.9 Å². The average molecular weight is 509 g/mol. The van der Waals surface area contributed by atoms with Gasteiger partial charge in [0.1, 0.15) is 5.75 Å². The number of amides is 2. The Labute approximate surface area is 201 Å². The second-order valence-electron chi connectivity index (χ2n) is 7.66. The van der Waals surface area contributed by atoms with Crippen molar-refractivity contribution in [3.05, 3.63) is 94.0 Å². The number of hydrogen-bond acceptors (Lipinski definition) is 4. The number of halogens is 1. The summed E-state index contributed by atoms with van der Waals surface area (Å²) in [6.07, 6.45) is 0.747. The predicted octanol–water partition coefficient (Wildman–Crippen LogP) is 4.80. The molecule has 2 amide bonds. The smallest absolute Gasteiger partial charge is 0.259 e. The number of nitrogens with zero attached hydrogens (tertiary/aromatic N) is 1. The summed E-state index contributed by atoms with van der Waals surface area (Å²) in [5, 5.41) is 2.89. The molecule has 3 aromatic rings. The Balaban J connectivity index is 1.40. The fourth-order valence-electron chi connectivity index (χ4n) is 3.57. The van der Waals surface area contributed by atoms with E-state index in [9.17, 15) is 9.59 Å². The highest BCUT2D eigenvalue weighted by Crippen LogP contribution is 2.25. The van der Waals surface area contributed by atoms with Crippen molar-refractivity contribution >= 4 is 33.4 Å². The van der Waals surface area contributed by atoms with Gasteiger partial charge in [-0.2, -0.15) is 0 Å². The van der Waals surface area contributed by atoms with Crippen LogP contribution in [-0.2, 0) is 11.2 Å². The van der Waals surface area contributed by atoms with Gasteiger partial charge in [0.15, 0.2) is 0 Å². The van der Waals surface area contributed by atoms with Crippen molar-refractivity contribution in [2.75, 3.05) is 38.2 Å². The Kier molecular flexibility index (Phi) is 7.75. The highest BCUT2D eigenvalue weighted by molar-refractivity contribution is 9.10. The number of morpholine rings is 1. The van der Waals surface area contributed by atoms with E-state index in [1.54, 1.807) is 41.3 Å². The lowest BCUT2D eigenvalue weighted by atomic mass is 10.1. The fraction of sp³-hybridized carbons (Fsp3) is 0.231. The number of anilines is 1. The average Bonchev–Trinajstić information content (AvgIpc) is 2.86. The number of rotatable bonds is 7. The fourth-order valence-corrected chi connectivity index (χ4v) is 3.93. The van der Waals surface area contributed by atoms with Gasteiger partial charge in [-0.05, 0) is 48.0 Å². The third-order valence-electron chi connectivity index (χ3n) is 5.37. The van der Waals surface area contributed by atoms with Gasteiger partial charge in [-0.3, -0.25) is 9.59 Å². The molecule has 7 heteroatoms. The zero-order chi connectivity index (χ0) is 23.0. The maximum atomic E-state index is 13.0. The van der Waals surface area contributed by atoms with Crippen molar-refractivity contribution in [3.63, 3.8) is 0 Å². The van der Waals surface area contributed by atoms with E-state index >= 15 is 0 Å². The molecular weight excluding hydrogens is 484 g/mol. The third kappa shape index (κ3) is 6.21. The number of carbonyl (C=O) groups excluding carboxylic acids is 2. The van der Waals surface area contributed by atoms with E-state index in [1.807, 2.05) is 36.4 Å². The van der Waals surface area contributed by atoms with E-state index in [0.717, 1.165) is 10.9 Å². The zero-order valence-electron chi connectivity index (χ0n) is 18.1. The lowest BCUT2D eigenvalue weighted by Gasteiger charge is -2.26. The first-order valence-corrected chi connectivity index (χ1v) is 11.6. The summed E-state index contributed by atoms with van der Waals surface area (Å²) < 4.78 is 12.0. The largest absolute Gasteiger partial charge is 0.492 e. The lowest BCUT2D eigenvalue weighted by molar-refractivity contribution is 0.0303. The molecule has 0 aromatic heterocycles. The van der Waals surface area contributed by atoms with Crippen molar-refractivity contribution in [1.82, 2.24) is 4.90 Å². The Morgan fingerprint density at radius 2 is 1.70 bits per heavy atom. The summed E-state index contributed by atoms with van der Waals surface area (Å²) in [6, 6.07) is 22.4. The van der Waals surface area contributed by atoms with Crippen LogP contribution in [0.25, 0.3) is 0 Å². The summed E-state index contributed by atoms with van der Waals surface area (Å²) in [5.41, 5.74) is 2.80. The van der Waals surface area contributed by atoms with Gasteiger partial charge in [-0.15, -0.1) is 0 Å². The van der Waals surface area contributed by atoms with Crippen molar-refractivity contribution in [2.45, 2.75) is 6.42 Å². The molecule has 0 radical (unpaired) electrons. The predicted molar refractivity (Wildman–Crippen MR) is 131 cm³/mol. The Morgan fingerprint density at radius 3 is 2.42 bits per heavy atom. The van der Waals surface area contributed by atoms with E-state index < -0.39 is 0 Å². The molecule has 6 nitrogen and oxygen atoms in total. The Morgan fingerprint density at radius 1 is 0.970 bits per heavy atom. The molecule has 3 aromatic carbocycles. The zero-order valence-corrected chi connectivity index (χ0v) is 19.7. The highest BCUT2D eigenvalue weighted by atomic mass is 79.9. The Bertz CT molecular complexity index is 1100. The molecule has 0 aliphatic carbocycles. The highest BCUT2D eigenvalue weighted by Gasteiger charge is 2.19. The van der Waals surface area contributed by atoms with Gasteiger partial charge >= 0.3 is 0 Å². The number of nitrogens with one attached hydrogen (secondary N) is 1. The van der Waals surface area contributed by atoms with E-state index in [2.05, 4.69) is 21.2 Å². The van der Waals surface area contributed by atoms with E-state index in [0.29, 0.717) is 55.5 Å². The second kappa shape index (κ2) is 11.1. The molecular formula is C26H25BrN2O4. The molecule has 1 fully saturated rings. The summed E-state index contributed by atoms with van der Waals surface area (Å²) in [6.45, 7) is 2.76. The maximum Gasteiger partial charge on any atom is 0.259 e. The summed E-state index contributed by atoms with van der Waals surface area (Å²) >= 11 is 3.43. The molecule has 170 valence electrons. The number of hydrogen-bond donors (Lipinski definition) is 1. The molecule has 0 atom stereocenters. The summed E-state index contributed by atoms with van der Waals surface area (Å²) in [5.74, 6) is 0.210. The van der Waals surface area contributed by atoms with Gasteiger partial charge in [-0.25, -0.2) is 0 Å². The van der Waals surface area contributed by atoms with Crippen LogP contribution in [0, 0.1) is 0 Å². The number of ether oxygens (including phenoxy) is 2. The van der Waals surface area contributed by atoms with Gasteiger partial charge < -0.3 is 19.7 Å². The van der Waals surface area contributed by atoms with Crippen LogP contribution < -0.4 is 10.1 Å². The molecule has 0 spiro atoms. The molecule has 1 heterocycles. The quantitative estimate of drug-likeness (QED) is 0.497. The van der Waals surface area contributed by atoms with Crippen LogP contribution in [0.5, 0.6) is 5.75 Å². The maximum absolute atomic E-state index is 13.0. The molecule has 33 heavy (non-hydrogen) atoms. The lowest BCUT2D eigenvalue weighted by Crippen LogP contribution is -2.40. The molecule has 0 bridgehead atoms. The standard InChI is InChI=1S/C26H25BrN2O4/c27-21-8-11-24(33-15-12-19-4-2-1-3-5-19)23(18-21)25(30)28-22-9-6-20(7-10-22)26(31)29-13-16-32-17-14-29/h1-11,18H,12-17H2,(H,28,30). The van der Waals surface area contributed by atoms with Gasteiger partial charge in [0.2, 0.25) is 0 Å². The molecule has 1 aliphatic rings.